The molecule has 3 aromatic carbocycles. The highest BCUT2D eigenvalue weighted by molar-refractivity contribution is 7.86. The number of amides is 2. The van der Waals surface area contributed by atoms with Crippen molar-refractivity contribution in [2.75, 3.05) is 0 Å². The van der Waals surface area contributed by atoms with E-state index < -0.39 is 43.4 Å². The number of nitro groups is 1. The van der Waals surface area contributed by atoms with Gasteiger partial charge >= 0.3 is 16.1 Å². The molecular formula is C20H12N2O9S. The molecule has 0 bridgehead atoms. The lowest BCUT2D eigenvalue weighted by atomic mass is 9.94. The van der Waals surface area contributed by atoms with Gasteiger partial charge in [0.05, 0.1) is 26.5 Å². The molecule has 1 aliphatic heterocycles. The number of aryl methyl sites for hydroxylation is 1. The van der Waals surface area contributed by atoms with Crippen molar-refractivity contribution in [1.29, 1.82) is 0 Å². The molecule has 32 heavy (non-hydrogen) atoms. The fraction of sp³-hybridized carbons (Fsp3) is 0.0500. The average molecular weight is 456 g/mol. The van der Waals surface area contributed by atoms with E-state index in [2.05, 4.69) is 0 Å². The van der Waals surface area contributed by atoms with E-state index in [1.165, 1.54) is 37.3 Å². The quantitative estimate of drug-likeness (QED) is 0.345. The molecule has 1 N–H and O–H groups in total. The van der Waals surface area contributed by atoms with E-state index in [1.807, 2.05) is 0 Å². The third-order valence-electron chi connectivity index (χ3n) is 4.90. The predicted octanol–water partition coefficient (Wildman–Crippen LogP) is 2.67. The smallest absolute Gasteiger partial charge is 0.335 e. The Balaban J connectivity index is 1.81. The number of benzene rings is 3. The molecule has 3 aromatic rings. The minimum atomic E-state index is -4.81. The molecule has 0 aromatic heterocycles. The number of carbonyl (C=O) groups is 3. The fourth-order valence-corrected chi connectivity index (χ4v) is 4.29. The molecule has 1 heterocycles. The van der Waals surface area contributed by atoms with Crippen LogP contribution in [0.25, 0.3) is 10.8 Å². The maximum Gasteiger partial charge on any atom is 0.335 e. The molecule has 0 fully saturated rings. The summed E-state index contributed by atoms with van der Waals surface area (Å²) in [6.07, 6.45) is 0. The van der Waals surface area contributed by atoms with Crippen molar-refractivity contribution >= 4 is 44.4 Å². The van der Waals surface area contributed by atoms with Crippen LogP contribution in [0.15, 0.2) is 53.4 Å². The second kappa shape index (κ2) is 7.21. The summed E-state index contributed by atoms with van der Waals surface area (Å²) in [6.45, 7) is 1.46. The Bertz CT molecular complexity index is 1480. The zero-order chi connectivity index (χ0) is 23.4. The van der Waals surface area contributed by atoms with Gasteiger partial charge in [-0.2, -0.15) is 8.42 Å². The highest BCUT2D eigenvalue weighted by Crippen LogP contribution is 2.34. The molecule has 0 spiro atoms. The Hall–Kier alpha value is -4.16. The molecule has 0 atom stereocenters. The number of carbonyl (C=O) groups excluding carboxylic acids is 2. The van der Waals surface area contributed by atoms with Crippen molar-refractivity contribution in [2.45, 2.75) is 11.8 Å². The number of non-ortho nitro benzene ring substituents is 1. The van der Waals surface area contributed by atoms with E-state index in [9.17, 15) is 38.0 Å². The molecule has 162 valence electrons. The number of imide groups is 1. The number of nitro benzene ring substituents is 1. The molecule has 12 heteroatoms. The summed E-state index contributed by atoms with van der Waals surface area (Å²) in [5.74, 6) is -3.68. The maximum absolute atomic E-state index is 12.9. The van der Waals surface area contributed by atoms with Crippen LogP contribution in [0.3, 0.4) is 0 Å². The van der Waals surface area contributed by atoms with Crippen LogP contribution in [0.1, 0.15) is 36.6 Å². The first-order chi connectivity index (χ1) is 15.0. The highest BCUT2D eigenvalue weighted by Gasteiger charge is 2.39. The number of aromatic carboxylic acids is 1. The molecular weight excluding hydrogens is 444 g/mol. The van der Waals surface area contributed by atoms with Gasteiger partial charge in [0, 0.05) is 17.5 Å². The second-order valence-corrected chi connectivity index (χ2v) is 8.40. The Morgan fingerprint density at radius 1 is 1.06 bits per heavy atom. The average Bonchev–Trinajstić information content (AvgIpc) is 2.74. The van der Waals surface area contributed by atoms with Gasteiger partial charge < -0.3 is 5.11 Å². The van der Waals surface area contributed by atoms with Gasteiger partial charge in [-0.1, -0.05) is 18.2 Å². The van der Waals surface area contributed by atoms with Gasteiger partial charge in [-0.15, -0.1) is 9.35 Å². The zero-order valence-electron chi connectivity index (χ0n) is 16.1. The van der Waals surface area contributed by atoms with Gasteiger partial charge in [-0.25, -0.2) is 4.79 Å². The van der Waals surface area contributed by atoms with E-state index in [0.717, 1.165) is 18.2 Å². The number of rotatable bonds is 5. The number of hydrogen-bond acceptors (Lipinski definition) is 8. The van der Waals surface area contributed by atoms with Crippen LogP contribution < -0.4 is 0 Å². The van der Waals surface area contributed by atoms with Gasteiger partial charge in [-0.05, 0) is 36.1 Å². The second-order valence-electron chi connectivity index (χ2n) is 6.87. The van der Waals surface area contributed by atoms with Crippen LogP contribution in [-0.4, -0.2) is 41.3 Å². The molecule has 0 saturated heterocycles. The van der Waals surface area contributed by atoms with E-state index in [1.54, 1.807) is 0 Å². The maximum atomic E-state index is 12.9. The largest absolute Gasteiger partial charge is 0.478 e. The van der Waals surface area contributed by atoms with Crippen LogP contribution in [0, 0.1) is 17.0 Å². The van der Waals surface area contributed by atoms with Crippen molar-refractivity contribution < 1.29 is 37.1 Å². The molecule has 11 nitrogen and oxygen atoms in total. The number of hydrogen-bond donors (Lipinski definition) is 1. The molecule has 0 aliphatic carbocycles. The van der Waals surface area contributed by atoms with Gasteiger partial charge in [0.1, 0.15) is 0 Å². The van der Waals surface area contributed by atoms with Crippen LogP contribution in [-0.2, 0) is 14.4 Å². The zero-order valence-corrected chi connectivity index (χ0v) is 17.0. The van der Waals surface area contributed by atoms with E-state index in [4.69, 9.17) is 4.28 Å². The Morgan fingerprint density at radius 2 is 1.75 bits per heavy atom. The Labute approximate surface area is 179 Å². The lowest BCUT2D eigenvalue weighted by Gasteiger charge is -2.25. The fourth-order valence-electron chi connectivity index (χ4n) is 3.37. The van der Waals surface area contributed by atoms with Gasteiger partial charge in [0.15, 0.2) is 0 Å². The van der Waals surface area contributed by atoms with E-state index >= 15 is 0 Å². The van der Waals surface area contributed by atoms with Crippen LogP contribution in [0.4, 0.5) is 5.69 Å². The molecule has 2 amide bonds. The first-order valence-corrected chi connectivity index (χ1v) is 10.3. The summed E-state index contributed by atoms with van der Waals surface area (Å²) in [5, 5.41) is 20.8. The SMILES string of the molecule is Cc1ccc(S(=O)(=O)ON2C(=O)c3cccc4cc([N+](=O)[O-])cc(c34)C2=O)cc1C(=O)O. The molecule has 0 unspecified atom stereocenters. The molecule has 1 aliphatic rings. The van der Waals surface area contributed by atoms with Crippen LogP contribution in [0.2, 0.25) is 0 Å². The summed E-state index contributed by atoms with van der Waals surface area (Å²) in [7, 11) is -4.81. The minimum Gasteiger partial charge on any atom is -0.478 e. The summed E-state index contributed by atoms with van der Waals surface area (Å²) in [4.78, 5) is 47.0. The van der Waals surface area contributed by atoms with Crippen molar-refractivity contribution in [3.05, 3.63) is 80.9 Å². The Morgan fingerprint density at radius 3 is 2.41 bits per heavy atom. The van der Waals surface area contributed by atoms with Gasteiger partial charge in [-0.3, -0.25) is 19.7 Å². The monoisotopic (exact) mass is 456 g/mol. The summed E-state index contributed by atoms with van der Waals surface area (Å²) < 4.78 is 30.3. The number of carboxylic acid groups (broad SMARTS) is 1. The molecule has 4 rings (SSSR count). The third kappa shape index (κ3) is 3.27. The van der Waals surface area contributed by atoms with E-state index in [-0.39, 0.29) is 38.1 Å². The van der Waals surface area contributed by atoms with Crippen molar-refractivity contribution in [3.8, 4) is 0 Å². The van der Waals surface area contributed by atoms with Crippen molar-refractivity contribution in [1.82, 2.24) is 5.06 Å². The predicted molar refractivity (Wildman–Crippen MR) is 108 cm³/mol. The normalized spacial score (nSPS) is 13.5. The first kappa shape index (κ1) is 21.1. The molecule has 0 radical (unpaired) electrons. The van der Waals surface area contributed by atoms with Crippen LogP contribution >= 0.6 is 0 Å². The molecule has 0 saturated carbocycles. The van der Waals surface area contributed by atoms with Gasteiger partial charge in [0.25, 0.3) is 17.5 Å². The number of nitrogens with zero attached hydrogens (tertiary/aromatic N) is 2. The third-order valence-corrected chi connectivity index (χ3v) is 6.08. The topological polar surface area (TPSA) is 161 Å². The lowest BCUT2D eigenvalue weighted by Crippen LogP contribution is -2.41. The Kier molecular flexibility index (Phi) is 4.75. The minimum absolute atomic E-state index is 0.00351. The van der Waals surface area contributed by atoms with Crippen molar-refractivity contribution in [3.63, 3.8) is 0 Å². The lowest BCUT2D eigenvalue weighted by molar-refractivity contribution is -0.384. The number of carboxylic acids is 1. The van der Waals surface area contributed by atoms with Gasteiger partial charge in [0.2, 0.25) is 0 Å². The highest BCUT2D eigenvalue weighted by atomic mass is 32.2. The summed E-state index contributed by atoms with van der Waals surface area (Å²) >= 11 is 0. The van der Waals surface area contributed by atoms with E-state index in [0.29, 0.717) is 0 Å². The standard InChI is InChI=1S/C20H12N2O9S/c1-10-5-6-13(9-15(10)20(25)26)32(29,30)31-21-18(23)14-4-2-3-11-7-12(22(27)28)8-16(17(11)14)19(21)24/h2-9H,1H3,(H,25,26). The number of hydroxylamine groups is 2. The van der Waals surface area contributed by atoms with Crippen LogP contribution in [0.5, 0.6) is 0 Å². The first-order valence-electron chi connectivity index (χ1n) is 8.90. The summed E-state index contributed by atoms with van der Waals surface area (Å²) in [6, 6.07) is 9.48. The summed E-state index contributed by atoms with van der Waals surface area (Å²) in [5.41, 5.74) is -0.821. The van der Waals surface area contributed by atoms with Crippen molar-refractivity contribution in [2.24, 2.45) is 0 Å².